The van der Waals surface area contributed by atoms with E-state index in [0.29, 0.717) is 13.2 Å². The van der Waals surface area contributed by atoms with Crippen molar-refractivity contribution < 1.29 is 14.6 Å². The normalized spacial score (nSPS) is 15.0. The Balaban J connectivity index is 3.54. The second-order valence-corrected chi connectivity index (χ2v) is 3.51. The summed E-state index contributed by atoms with van der Waals surface area (Å²) in [4.78, 5) is 0. The summed E-state index contributed by atoms with van der Waals surface area (Å²) in [6, 6.07) is 0. The van der Waals surface area contributed by atoms with Crippen LogP contribution in [-0.2, 0) is 9.47 Å². The average Bonchev–Trinajstić information content (AvgIpc) is 1.84. The molecule has 0 aromatic heterocycles. The molecule has 0 fully saturated rings. The number of rotatable bonds is 5. The number of methoxy groups -OCH3 is 1. The van der Waals surface area contributed by atoms with Crippen LogP contribution in [0.1, 0.15) is 20.8 Å². The lowest BCUT2D eigenvalue weighted by atomic mass is 9.96. The van der Waals surface area contributed by atoms with E-state index in [9.17, 15) is 0 Å². The van der Waals surface area contributed by atoms with Gasteiger partial charge < -0.3 is 14.6 Å². The molecule has 0 spiro atoms. The molecule has 0 heterocycles. The number of hydrogen-bond donors (Lipinski definition) is 1. The van der Waals surface area contributed by atoms with Crippen LogP contribution in [0.2, 0.25) is 0 Å². The van der Waals surface area contributed by atoms with Crippen LogP contribution in [0.5, 0.6) is 0 Å². The first-order valence-corrected chi connectivity index (χ1v) is 3.76. The highest BCUT2D eigenvalue weighted by Gasteiger charge is 2.18. The molecule has 0 aliphatic rings. The smallest absolute Gasteiger partial charge is 0.151 e. The molecule has 1 unspecified atom stereocenters. The summed E-state index contributed by atoms with van der Waals surface area (Å²) >= 11 is 0. The molecule has 0 bridgehead atoms. The molecule has 0 amide bonds. The third-order valence-electron chi connectivity index (χ3n) is 1.25. The topological polar surface area (TPSA) is 38.7 Å². The Hall–Kier alpha value is -0.120. The van der Waals surface area contributed by atoms with E-state index >= 15 is 0 Å². The van der Waals surface area contributed by atoms with Gasteiger partial charge in [-0.15, -0.1) is 0 Å². The van der Waals surface area contributed by atoms with Crippen LogP contribution in [0, 0.1) is 5.41 Å². The van der Waals surface area contributed by atoms with Crippen molar-refractivity contribution in [3.05, 3.63) is 0 Å². The Bertz CT molecular complexity index is 99.5. The van der Waals surface area contributed by atoms with E-state index in [2.05, 4.69) is 0 Å². The summed E-state index contributed by atoms with van der Waals surface area (Å²) in [5, 5.41) is 8.82. The SMILES string of the molecule is COCC(C)(C)COC(C)O. The highest BCUT2D eigenvalue weighted by molar-refractivity contribution is 4.66. The van der Waals surface area contributed by atoms with Crippen molar-refractivity contribution in [3.63, 3.8) is 0 Å². The highest BCUT2D eigenvalue weighted by Crippen LogP contribution is 2.15. The number of aliphatic hydroxyl groups excluding tert-OH is 1. The molecule has 11 heavy (non-hydrogen) atoms. The minimum Gasteiger partial charge on any atom is -0.384 e. The van der Waals surface area contributed by atoms with Gasteiger partial charge in [-0.3, -0.25) is 0 Å². The van der Waals surface area contributed by atoms with E-state index in [1.165, 1.54) is 0 Å². The third kappa shape index (κ3) is 6.28. The van der Waals surface area contributed by atoms with Crippen molar-refractivity contribution >= 4 is 0 Å². The maximum absolute atomic E-state index is 8.82. The molecular formula is C8H18O3. The molecule has 0 radical (unpaired) electrons. The number of aliphatic hydroxyl groups is 1. The van der Waals surface area contributed by atoms with E-state index in [4.69, 9.17) is 14.6 Å². The van der Waals surface area contributed by atoms with Crippen LogP contribution in [0.25, 0.3) is 0 Å². The molecule has 0 aromatic carbocycles. The summed E-state index contributed by atoms with van der Waals surface area (Å²) in [5.74, 6) is 0. The van der Waals surface area contributed by atoms with Gasteiger partial charge in [0.1, 0.15) is 0 Å². The Morgan fingerprint density at radius 2 is 1.91 bits per heavy atom. The summed E-state index contributed by atoms with van der Waals surface area (Å²) < 4.78 is 10.0. The predicted octanol–water partition coefficient (Wildman–Crippen LogP) is 1.01. The van der Waals surface area contributed by atoms with E-state index < -0.39 is 6.29 Å². The Labute approximate surface area is 68.3 Å². The second-order valence-electron chi connectivity index (χ2n) is 3.51. The lowest BCUT2D eigenvalue weighted by Gasteiger charge is -2.23. The van der Waals surface area contributed by atoms with Gasteiger partial charge in [0.15, 0.2) is 6.29 Å². The van der Waals surface area contributed by atoms with Gasteiger partial charge in [-0.1, -0.05) is 13.8 Å². The Morgan fingerprint density at radius 3 is 2.27 bits per heavy atom. The van der Waals surface area contributed by atoms with Crippen molar-refractivity contribution in [1.29, 1.82) is 0 Å². The summed E-state index contributed by atoms with van der Waals surface area (Å²) in [5.41, 5.74) is -0.0221. The van der Waals surface area contributed by atoms with Gasteiger partial charge in [-0.2, -0.15) is 0 Å². The van der Waals surface area contributed by atoms with E-state index in [1.807, 2.05) is 13.8 Å². The van der Waals surface area contributed by atoms with E-state index in [0.717, 1.165) is 0 Å². The minimum atomic E-state index is -0.689. The second kappa shape index (κ2) is 4.70. The average molecular weight is 162 g/mol. The zero-order chi connectivity index (χ0) is 8.91. The fourth-order valence-corrected chi connectivity index (χ4v) is 0.779. The van der Waals surface area contributed by atoms with Crippen molar-refractivity contribution in [2.24, 2.45) is 5.41 Å². The molecule has 68 valence electrons. The van der Waals surface area contributed by atoms with Gasteiger partial charge in [-0.25, -0.2) is 0 Å². The maximum Gasteiger partial charge on any atom is 0.151 e. The molecule has 3 nitrogen and oxygen atoms in total. The van der Waals surface area contributed by atoms with Crippen molar-refractivity contribution in [3.8, 4) is 0 Å². The first kappa shape index (κ1) is 10.9. The van der Waals surface area contributed by atoms with Crippen molar-refractivity contribution in [2.45, 2.75) is 27.1 Å². The van der Waals surface area contributed by atoms with Gasteiger partial charge in [0, 0.05) is 12.5 Å². The van der Waals surface area contributed by atoms with Gasteiger partial charge in [0.2, 0.25) is 0 Å². The van der Waals surface area contributed by atoms with Crippen molar-refractivity contribution in [1.82, 2.24) is 0 Å². The van der Waals surface area contributed by atoms with E-state index in [1.54, 1.807) is 14.0 Å². The molecule has 3 heteroatoms. The minimum absolute atomic E-state index is 0.0221. The van der Waals surface area contributed by atoms with Crippen LogP contribution >= 0.6 is 0 Å². The molecule has 0 saturated heterocycles. The Morgan fingerprint density at radius 1 is 1.36 bits per heavy atom. The van der Waals surface area contributed by atoms with Crippen LogP contribution in [0.3, 0.4) is 0 Å². The van der Waals surface area contributed by atoms with Crippen molar-refractivity contribution in [2.75, 3.05) is 20.3 Å². The third-order valence-corrected chi connectivity index (χ3v) is 1.25. The monoisotopic (exact) mass is 162 g/mol. The zero-order valence-corrected chi connectivity index (χ0v) is 7.76. The van der Waals surface area contributed by atoms with Gasteiger partial charge in [0.25, 0.3) is 0 Å². The first-order chi connectivity index (χ1) is 4.98. The van der Waals surface area contributed by atoms with E-state index in [-0.39, 0.29) is 5.41 Å². The molecular weight excluding hydrogens is 144 g/mol. The number of hydrogen-bond acceptors (Lipinski definition) is 3. The Kier molecular flexibility index (Phi) is 4.65. The van der Waals surface area contributed by atoms with Gasteiger partial charge in [0.05, 0.1) is 13.2 Å². The summed E-state index contributed by atoms with van der Waals surface area (Å²) in [6.07, 6.45) is -0.689. The molecule has 0 saturated carbocycles. The zero-order valence-electron chi connectivity index (χ0n) is 7.76. The van der Waals surface area contributed by atoms with Gasteiger partial charge in [-0.05, 0) is 6.92 Å². The molecule has 1 N–H and O–H groups in total. The number of ether oxygens (including phenoxy) is 2. The predicted molar refractivity (Wildman–Crippen MR) is 43.3 cm³/mol. The summed E-state index contributed by atoms with van der Waals surface area (Å²) in [7, 11) is 1.66. The van der Waals surface area contributed by atoms with Crippen LogP contribution < -0.4 is 0 Å². The first-order valence-electron chi connectivity index (χ1n) is 3.76. The molecule has 1 atom stereocenters. The molecule has 0 aliphatic carbocycles. The lowest BCUT2D eigenvalue weighted by Crippen LogP contribution is -2.27. The molecule has 0 rings (SSSR count). The fourth-order valence-electron chi connectivity index (χ4n) is 0.779. The molecule has 0 aromatic rings. The maximum atomic E-state index is 8.82. The molecule has 0 aliphatic heterocycles. The lowest BCUT2D eigenvalue weighted by molar-refractivity contribution is -0.117. The van der Waals surface area contributed by atoms with Gasteiger partial charge >= 0.3 is 0 Å². The highest BCUT2D eigenvalue weighted by atomic mass is 16.6. The largest absolute Gasteiger partial charge is 0.384 e. The van der Waals surface area contributed by atoms with Crippen LogP contribution in [0.15, 0.2) is 0 Å². The summed E-state index contributed by atoms with van der Waals surface area (Å²) in [6.45, 7) is 6.80. The van der Waals surface area contributed by atoms with Crippen LogP contribution in [0.4, 0.5) is 0 Å². The quantitative estimate of drug-likeness (QED) is 0.613. The standard InChI is InChI=1S/C8H18O3/c1-7(9)11-6-8(2,3)5-10-4/h7,9H,5-6H2,1-4H3. The van der Waals surface area contributed by atoms with Crippen LogP contribution in [-0.4, -0.2) is 31.7 Å². The fraction of sp³-hybridized carbons (Fsp3) is 1.00.